The fourth-order valence-electron chi connectivity index (χ4n) is 2.20. The molecule has 4 nitrogen and oxygen atoms in total. The lowest BCUT2D eigenvalue weighted by Crippen LogP contribution is -2.28. The van der Waals surface area contributed by atoms with Crippen LogP contribution < -0.4 is 10.2 Å². The summed E-state index contributed by atoms with van der Waals surface area (Å²) in [6.45, 7) is 7.87. The molecule has 0 saturated carbocycles. The summed E-state index contributed by atoms with van der Waals surface area (Å²) in [7, 11) is 0. The fourth-order valence-corrected chi connectivity index (χ4v) is 2.20. The van der Waals surface area contributed by atoms with Crippen molar-refractivity contribution in [2.45, 2.75) is 52.6 Å². The van der Waals surface area contributed by atoms with Gasteiger partial charge in [0.25, 0.3) is 0 Å². The van der Waals surface area contributed by atoms with E-state index in [1.54, 1.807) is 6.07 Å². The highest BCUT2D eigenvalue weighted by Crippen LogP contribution is 2.22. The van der Waals surface area contributed by atoms with E-state index < -0.39 is 5.97 Å². The molecule has 0 radical (unpaired) electrons. The maximum Gasteiger partial charge on any atom is 0.305 e. The normalized spacial score (nSPS) is 12.2. The van der Waals surface area contributed by atoms with Crippen LogP contribution in [0.1, 0.15) is 45.6 Å². The molecule has 0 heterocycles. The maximum atomic E-state index is 14.1. The molecule has 0 bridgehead atoms. The van der Waals surface area contributed by atoms with Gasteiger partial charge in [0.15, 0.2) is 0 Å². The number of rotatable bonds is 10. The summed E-state index contributed by atoms with van der Waals surface area (Å²) in [5, 5.41) is 12.2. The second-order valence-corrected chi connectivity index (χ2v) is 5.61. The van der Waals surface area contributed by atoms with Gasteiger partial charge in [-0.1, -0.05) is 19.9 Å². The Hall–Kier alpha value is -1.62. The van der Waals surface area contributed by atoms with Gasteiger partial charge in [0, 0.05) is 25.7 Å². The molecule has 0 saturated heterocycles. The molecular formula is C17H27FN2O2. The number of benzene rings is 1. The van der Waals surface area contributed by atoms with E-state index in [0.717, 1.165) is 18.4 Å². The Bertz CT molecular complexity index is 480. The van der Waals surface area contributed by atoms with Gasteiger partial charge in [-0.3, -0.25) is 4.79 Å². The van der Waals surface area contributed by atoms with Crippen molar-refractivity contribution in [2.75, 3.05) is 18.0 Å². The Morgan fingerprint density at radius 3 is 2.68 bits per heavy atom. The minimum Gasteiger partial charge on any atom is -0.481 e. The summed E-state index contributed by atoms with van der Waals surface area (Å²) in [4.78, 5) is 12.6. The number of carbonyl (C=O) groups is 1. The monoisotopic (exact) mass is 310 g/mol. The lowest BCUT2D eigenvalue weighted by Gasteiger charge is -2.25. The van der Waals surface area contributed by atoms with E-state index in [1.807, 2.05) is 17.9 Å². The van der Waals surface area contributed by atoms with E-state index in [9.17, 15) is 9.18 Å². The van der Waals surface area contributed by atoms with Crippen LogP contribution in [-0.2, 0) is 11.3 Å². The Morgan fingerprint density at radius 2 is 2.09 bits per heavy atom. The van der Waals surface area contributed by atoms with E-state index in [2.05, 4.69) is 19.2 Å². The van der Waals surface area contributed by atoms with Crippen molar-refractivity contribution in [1.29, 1.82) is 0 Å². The van der Waals surface area contributed by atoms with Gasteiger partial charge in [0.1, 0.15) is 5.82 Å². The molecule has 1 aromatic carbocycles. The Kier molecular flexibility index (Phi) is 7.88. The molecular weight excluding hydrogens is 283 g/mol. The number of hydrogen-bond acceptors (Lipinski definition) is 3. The van der Waals surface area contributed by atoms with E-state index >= 15 is 0 Å². The van der Waals surface area contributed by atoms with Crippen LogP contribution in [0.2, 0.25) is 0 Å². The Labute approximate surface area is 132 Å². The molecule has 0 aliphatic carbocycles. The van der Waals surface area contributed by atoms with E-state index in [-0.39, 0.29) is 12.2 Å². The first-order chi connectivity index (χ1) is 10.5. The number of aliphatic carboxylic acids is 1. The highest BCUT2D eigenvalue weighted by atomic mass is 19.1. The van der Waals surface area contributed by atoms with Gasteiger partial charge in [-0.25, -0.2) is 4.39 Å². The highest BCUT2D eigenvalue weighted by Gasteiger charge is 2.13. The first kappa shape index (κ1) is 18.4. The average Bonchev–Trinajstić information content (AvgIpc) is 2.50. The molecule has 0 amide bonds. The van der Waals surface area contributed by atoms with Crippen LogP contribution in [-0.4, -0.2) is 30.2 Å². The second-order valence-electron chi connectivity index (χ2n) is 5.61. The van der Waals surface area contributed by atoms with Crippen LogP contribution in [0.4, 0.5) is 10.1 Å². The van der Waals surface area contributed by atoms with Gasteiger partial charge in [0.05, 0.1) is 12.1 Å². The van der Waals surface area contributed by atoms with Gasteiger partial charge in [0.2, 0.25) is 0 Å². The third-order valence-electron chi connectivity index (χ3n) is 3.71. The summed E-state index contributed by atoms with van der Waals surface area (Å²) in [6.07, 6.45) is 1.89. The molecule has 2 N–H and O–H groups in total. The fraction of sp³-hybridized carbons (Fsp3) is 0.588. The molecule has 5 heteroatoms. The average molecular weight is 310 g/mol. The highest BCUT2D eigenvalue weighted by molar-refractivity contribution is 5.67. The van der Waals surface area contributed by atoms with Gasteiger partial charge in [-0.15, -0.1) is 0 Å². The number of anilines is 1. The quantitative estimate of drug-likeness (QED) is 0.695. The van der Waals surface area contributed by atoms with Crippen LogP contribution >= 0.6 is 0 Å². The summed E-state index contributed by atoms with van der Waals surface area (Å²) < 4.78 is 14.1. The molecule has 0 spiro atoms. The lowest BCUT2D eigenvalue weighted by molar-refractivity contribution is -0.136. The third kappa shape index (κ3) is 6.02. The largest absolute Gasteiger partial charge is 0.481 e. The van der Waals surface area contributed by atoms with Crippen LogP contribution in [0.25, 0.3) is 0 Å². The zero-order chi connectivity index (χ0) is 16.5. The molecule has 0 fully saturated rings. The van der Waals surface area contributed by atoms with Gasteiger partial charge >= 0.3 is 5.97 Å². The van der Waals surface area contributed by atoms with Crippen LogP contribution in [0.5, 0.6) is 0 Å². The molecule has 0 aliphatic heterocycles. The van der Waals surface area contributed by atoms with Gasteiger partial charge < -0.3 is 15.3 Å². The topological polar surface area (TPSA) is 52.6 Å². The zero-order valence-corrected chi connectivity index (χ0v) is 13.7. The predicted octanol–water partition coefficient (Wildman–Crippen LogP) is 3.40. The number of halogens is 1. The summed E-state index contributed by atoms with van der Waals surface area (Å²) in [5.74, 6) is -1.16. The van der Waals surface area contributed by atoms with Crippen molar-refractivity contribution in [3.63, 3.8) is 0 Å². The van der Waals surface area contributed by atoms with Crippen LogP contribution in [0.15, 0.2) is 18.2 Å². The third-order valence-corrected chi connectivity index (χ3v) is 3.71. The molecule has 22 heavy (non-hydrogen) atoms. The number of carboxylic acids is 1. The first-order valence-corrected chi connectivity index (χ1v) is 7.96. The van der Waals surface area contributed by atoms with Gasteiger partial charge in [-0.05, 0) is 37.5 Å². The van der Waals surface area contributed by atoms with Crippen molar-refractivity contribution in [2.24, 2.45) is 0 Å². The molecule has 0 aliphatic rings. The number of nitrogens with one attached hydrogen (secondary N) is 1. The second kappa shape index (κ2) is 9.41. The molecule has 1 unspecified atom stereocenters. The van der Waals surface area contributed by atoms with Crippen molar-refractivity contribution >= 4 is 11.7 Å². The van der Waals surface area contributed by atoms with Crippen molar-refractivity contribution < 1.29 is 14.3 Å². The van der Waals surface area contributed by atoms with E-state index in [1.165, 1.54) is 6.07 Å². The number of hydrogen-bond donors (Lipinski definition) is 2. The van der Waals surface area contributed by atoms with Crippen molar-refractivity contribution in [3.05, 3.63) is 29.6 Å². The molecule has 1 rings (SSSR count). The van der Waals surface area contributed by atoms with Crippen molar-refractivity contribution in [1.82, 2.24) is 5.32 Å². The molecule has 1 atom stereocenters. The SMILES string of the molecule is CCCN(CCC(=O)O)c1cc(CNC(C)CC)ccc1F. The minimum absolute atomic E-state index is 0.00872. The summed E-state index contributed by atoms with van der Waals surface area (Å²) in [5.41, 5.74) is 1.50. The van der Waals surface area contributed by atoms with Gasteiger partial charge in [-0.2, -0.15) is 0 Å². The van der Waals surface area contributed by atoms with E-state index in [4.69, 9.17) is 5.11 Å². The molecule has 0 aromatic heterocycles. The van der Waals surface area contributed by atoms with E-state index in [0.29, 0.717) is 31.4 Å². The smallest absolute Gasteiger partial charge is 0.305 e. The van der Waals surface area contributed by atoms with Crippen LogP contribution in [0, 0.1) is 5.82 Å². The number of nitrogens with zero attached hydrogens (tertiary/aromatic N) is 1. The Morgan fingerprint density at radius 1 is 1.36 bits per heavy atom. The van der Waals surface area contributed by atoms with Crippen molar-refractivity contribution in [3.8, 4) is 0 Å². The summed E-state index contributed by atoms with van der Waals surface area (Å²) in [6, 6.07) is 5.47. The first-order valence-electron chi connectivity index (χ1n) is 7.96. The standard InChI is InChI=1S/C17H27FN2O2/c1-4-9-20(10-8-17(21)22)16-11-14(6-7-15(16)18)12-19-13(3)5-2/h6-7,11,13,19H,4-5,8-10,12H2,1-3H3,(H,21,22). The van der Waals surface area contributed by atoms with Crippen LogP contribution in [0.3, 0.4) is 0 Å². The minimum atomic E-state index is -0.865. The summed E-state index contributed by atoms with van der Waals surface area (Å²) >= 11 is 0. The number of carboxylic acid groups (broad SMARTS) is 1. The Balaban J connectivity index is 2.86. The maximum absolute atomic E-state index is 14.1. The molecule has 124 valence electrons. The predicted molar refractivity (Wildman–Crippen MR) is 87.7 cm³/mol. The lowest BCUT2D eigenvalue weighted by atomic mass is 10.1. The zero-order valence-electron chi connectivity index (χ0n) is 13.7. The molecule has 1 aromatic rings.